The summed E-state index contributed by atoms with van der Waals surface area (Å²) in [6.45, 7) is 12.3. The van der Waals surface area contributed by atoms with E-state index in [9.17, 15) is 4.39 Å². The molecule has 1 aliphatic heterocycles. The smallest absolute Gasteiger partial charge is 0.399 e. The summed E-state index contributed by atoms with van der Waals surface area (Å²) in [7, 11) is -0.416. The monoisotopic (exact) mass is 330 g/mol. The van der Waals surface area contributed by atoms with Crippen LogP contribution in [0.5, 0.6) is 0 Å². The lowest BCUT2D eigenvalue weighted by atomic mass is 9.82. The van der Waals surface area contributed by atoms with Gasteiger partial charge in [0, 0.05) is 17.9 Å². The molecule has 24 heavy (non-hydrogen) atoms. The molecule has 0 bridgehead atoms. The van der Waals surface area contributed by atoms with Gasteiger partial charge in [0.15, 0.2) is 0 Å². The molecule has 0 N–H and O–H groups in total. The van der Waals surface area contributed by atoms with E-state index in [-0.39, 0.29) is 17.0 Å². The van der Waals surface area contributed by atoms with Gasteiger partial charge in [-0.1, -0.05) is 12.1 Å². The van der Waals surface area contributed by atoms with E-state index >= 15 is 0 Å². The van der Waals surface area contributed by atoms with Crippen LogP contribution in [0.25, 0.3) is 0 Å². The molecule has 1 fully saturated rings. The van der Waals surface area contributed by atoms with Crippen LogP contribution in [0.1, 0.15) is 44.4 Å². The molecule has 1 aliphatic rings. The van der Waals surface area contributed by atoms with Crippen molar-refractivity contribution in [3.63, 3.8) is 0 Å². The zero-order chi connectivity index (χ0) is 17.7. The molecule has 2 heterocycles. The van der Waals surface area contributed by atoms with Crippen molar-refractivity contribution < 1.29 is 13.7 Å². The summed E-state index contributed by atoms with van der Waals surface area (Å²) < 4.78 is 27.7. The first-order valence-corrected chi connectivity index (χ1v) is 8.23. The molecule has 0 saturated carbocycles. The second-order valence-electron chi connectivity index (χ2n) is 7.60. The summed E-state index contributed by atoms with van der Waals surface area (Å²) in [4.78, 5) is 0. The lowest BCUT2D eigenvalue weighted by Crippen LogP contribution is -2.41. The maximum absolute atomic E-state index is 13.7. The number of aromatic nitrogens is 2. The molecule has 3 rings (SSSR count). The van der Waals surface area contributed by atoms with E-state index in [4.69, 9.17) is 9.31 Å². The van der Waals surface area contributed by atoms with Gasteiger partial charge in [0.25, 0.3) is 0 Å². The fourth-order valence-corrected chi connectivity index (χ4v) is 2.88. The second-order valence-corrected chi connectivity index (χ2v) is 7.60. The molecule has 4 nitrogen and oxygen atoms in total. The molecule has 128 valence electrons. The zero-order valence-electron chi connectivity index (χ0n) is 15.2. The Hall–Kier alpha value is -1.66. The van der Waals surface area contributed by atoms with Gasteiger partial charge < -0.3 is 9.31 Å². The summed E-state index contributed by atoms with van der Waals surface area (Å²) in [5.74, 6) is -0.142. The molecule has 0 amide bonds. The van der Waals surface area contributed by atoms with Gasteiger partial charge in [-0.15, -0.1) is 0 Å². The van der Waals surface area contributed by atoms with E-state index in [0.717, 1.165) is 11.0 Å². The van der Waals surface area contributed by atoms with Gasteiger partial charge in [-0.05, 0) is 58.2 Å². The van der Waals surface area contributed by atoms with Crippen molar-refractivity contribution in [2.45, 2.75) is 59.3 Å². The summed E-state index contributed by atoms with van der Waals surface area (Å²) >= 11 is 0. The molecular formula is C18H24BFN2O2. The normalized spacial score (nSPS) is 19.0. The van der Waals surface area contributed by atoms with E-state index < -0.39 is 7.12 Å². The standard InChI is InChI=1S/C18H24BFN2O2/c1-12-7-14(8-13(2)16(12)20)10-22-11-15(9-21-22)19-23-17(3,4)18(5,6)24-19/h7-9,11H,10H2,1-6H3. The molecule has 1 saturated heterocycles. The Morgan fingerprint density at radius 2 is 1.62 bits per heavy atom. The minimum Gasteiger partial charge on any atom is -0.399 e. The van der Waals surface area contributed by atoms with Crippen LogP contribution < -0.4 is 5.46 Å². The number of benzene rings is 1. The van der Waals surface area contributed by atoms with Gasteiger partial charge in [0.2, 0.25) is 0 Å². The lowest BCUT2D eigenvalue weighted by molar-refractivity contribution is 0.00578. The first-order chi connectivity index (χ1) is 11.1. The lowest BCUT2D eigenvalue weighted by Gasteiger charge is -2.32. The third-order valence-electron chi connectivity index (χ3n) is 5.02. The summed E-state index contributed by atoms with van der Waals surface area (Å²) in [6.07, 6.45) is 3.70. The maximum Gasteiger partial charge on any atom is 0.498 e. The van der Waals surface area contributed by atoms with E-state index in [2.05, 4.69) is 5.10 Å². The Morgan fingerprint density at radius 3 is 2.17 bits per heavy atom. The Kier molecular flexibility index (Phi) is 4.08. The van der Waals surface area contributed by atoms with Crippen LogP contribution in [-0.4, -0.2) is 28.1 Å². The first kappa shape index (κ1) is 17.2. The molecule has 2 aromatic rings. The summed E-state index contributed by atoms with van der Waals surface area (Å²) in [5.41, 5.74) is 2.49. The number of aryl methyl sites for hydroxylation is 2. The summed E-state index contributed by atoms with van der Waals surface area (Å²) in [5, 5.41) is 4.40. The molecule has 6 heteroatoms. The van der Waals surface area contributed by atoms with Crippen LogP contribution in [0.4, 0.5) is 4.39 Å². The van der Waals surface area contributed by atoms with Gasteiger partial charge >= 0.3 is 7.12 Å². The molecule has 0 atom stereocenters. The van der Waals surface area contributed by atoms with Crippen LogP contribution in [-0.2, 0) is 15.9 Å². The SMILES string of the molecule is Cc1cc(Cn2cc(B3OC(C)(C)C(C)(C)O3)cn2)cc(C)c1F. The Labute approximate surface area is 143 Å². The van der Waals surface area contributed by atoms with Gasteiger partial charge in [0.05, 0.1) is 17.7 Å². The highest BCUT2D eigenvalue weighted by atomic mass is 19.1. The number of hydrogen-bond acceptors (Lipinski definition) is 3. The summed E-state index contributed by atoms with van der Waals surface area (Å²) in [6, 6.07) is 3.72. The van der Waals surface area contributed by atoms with E-state index in [1.54, 1.807) is 20.0 Å². The highest BCUT2D eigenvalue weighted by molar-refractivity contribution is 6.61. The zero-order valence-corrected chi connectivity index (χ0v) is 15.2. The van der Waals surface area contributed by atoms with Crippen molar-refractivity contribution in [2.24, 2.45) is 0 Å². The number of nitrogens with zero attached hydrogens (tertiary/aromatic N) is 2. The van der Waals surface area contributed by atoms with Gasteiger partial charge in [-0.2, -0.15) is 5.10 Å². The van der Waals surface area contributed by atoms with Crippen LogP contribution in [0.15, 0.2) is 24.5 Å². The topological polar surface area (TPSA) is 36.3 Å². The quantitative estimate of drug-likeness (QED) is 0.812. The van der Waals surface area contributed by atoms with Crippen molar-refractivity contribution in [2.75, 3.05) is 0 Å². The third-order valence-corrected chi connectivity index (χ3v) is 5.02. The fraction of sp³-hybridized carbons (Fsp3) is 0.500. The second kappa shape index (κ2) is 5.71. The third kappa shape index (κ3) is 3.00. The first-order valence-electron chi connectivity index (χ1n) is 8.23. The van der Waals surface area contributed by atoms with Crippen molar-refractivity contribution in [3.05, 3.63) is 47.0 Å². The van der Waals surface area contributed by atoms with Gasteiger partial charge in [-0.3, -0.25) is 4.68 Å². The Balaban J connectivity index is 1.78. The predicted molar refractivity (Wildman–Crippen MR) is 92.9 cm³/mol. The van der Waals surface area contributed by atoms with E-state index in [1.165, 1.54) is 0 Å². The molecule has 0 unspecified atom stereocenters. The average Bonchev–Trinajstić information content (AvgIpc) is 2.99. The van der Waals surface area contributed by atoms with Gasteiger partial charge in [-0.25, -0.2) is 4.39 Å². The highest BCUT2D eigenvalue weighted by Gasteiger charge is 2.52. The largest absolute Gasteiger partial charge is 0.498 e. The molecule has 1 aromatic carbocycles. The molecule has 1 aromatic heterocycles. The van der Waals surface area contributed by atoms with Crippen molar-refractivity contribution in [3.8, 4) is 0 Å². The predicted octanol–water partition coefficient (Wildman–Crippen LogP) is 2.99. The minimum absolute atomic E-state index is 0.142. The highest BCUT2D eigenvalue weighted by Crippen LogP contribution is 2.36. The molecular weight excluding hydrogens is 306 g/mol. The fourth-order valence-electron chi connectivity index (χ4n) is 2.88. The Bertz CT molecular complexity index is 731. The van der Waals surface area contributed by atoms with Crippen LogP contribution in [0, 0.1) is 19.7 Å². The Morgan fingerprint density at radius 1 is 1.08 bits per heavy atom. The molecule has 0 spiro atoms. The van der Waals surface area contributed by atoms with Gasteiger partial charge in [0.1, 0.15) is 5.82 Å². The maximum atomic E-state index is 13.7. The van der Waals surface area contributed by atoms with E-state index in [0.29, 0.717) is 17.7 Å². The van der Waals surface area contributed by atoms with Crippen LogP contribution in [0.2, 0.25) is 0 Å². The van der Waals surface area contributed by atoms with Crippen molar-refractivity contribution in [1.29, 1.82) is 0 Å². The van der Waals surface area contributed by atoms with Crippen molar-refractivity contribution in [1.82, 2.24) is 9.78 Å². The van der Waals surface area contributed by atoms with E-state index in [1.807, 2.05) is 50.7 Å². The van der Waals surface area contributed by atoms with Crippen LogP contribution in [0.3, 0.4) is 0 Å². The molecule has 0 aliphatic carbocycles. The number of hydrogen-bond donors (Lipinski definition) is 0. The average molecular weight is 330 g/mol. The molecule has 0 radical (unpaired) electrons. The van der Waals surface area contributed by atoms with Crippen molar-refractivity contribution >= 4 is 12.6 Å². The number of halogens is 1. The number of rotatable bonds is 3. The van der Waals surface area contributed by atoms with Crippen LogP contribution >= 0.6 is 0 Å². The minimum atomic E-state index is -0.416.